The predicted molar refractivity (Wildman–Crippen MR) is 120 cm³/mol. The lowest BCUT2D eigenvalue weighted by atomic mass is 10.0. The van der Waals surface area contributed by atoms with E-state index in [0.29, 0.717) is 6.04 Å². The van der Waals surface area contributed by atoms with Gasteiger partial charge in [-0.2, -0.15) is 5.10 Å². The monoisotopic (exact) mass is 416 g/mol. The zero-order valence-electron chi connectivity index (χ0n) is 17.1. The van der Waals surface area contributed by atoms with E-state index in [1.807, 2.05) is 22.3 Å². The van der Waals surface area contributed by atoms with Gasteiger partial charge in [-0.1, -0.05) is 29.8 Å². The van der Waals surface area contributed by atoms with E-state index in [1.165, 1.54) is 39.8 Å². The number of rotatable bonds is 3. The van der Waals surface area contributed by atoms with Crippen molar-refractivity contribution < 1.29 is 0 Å². The number of nitrogens with zero attached hydrogens (tertiary/aromatic N) is 6. The normalized spacial score (nSPS) is 17.0. The quantitative estimate of drug-likeness (QED) is 0.489. The topological polar surface area (TPSA) is 59.7 Å². The highest BCUT2D eigenvalue weighted by Crippen LogP contribution is 2.42. The Kier molecular flexibility index (Phi) is 4.30. The van der Waals surface area contributed by atoms with Crippen molar-refractivity contribution in [2.75, 3.05) is 18.0 Å². The van der Waals surface area contributed by atoms with Crippen molar-refractivity contribution in [1.82, 2.24) is 24.7 Å². The van der Waals surface area contributed by atoms with Crippen LogP contribution in [0.15, 0.2) is 36.9 Å². The number of benzene rings is 1. The van der Waals surface area contributed by atoms with E-state index >= 15 is 0 Å². The molecule has 6 nitrogen and oxygen atoms in total. The number of hydrogen-bond acceptors (Lipinski definition) is 6. The van der Waals surface area contributed by atoms with E-state index in [2.05, 4.69) is 46.2 Å². The van der Waals surface area contributed by atoms with Gasteiger partial charge in [-0.15, -0.1) is 11.3 Å². The minimum Gasteiger partial charge on any atom is -0.341 e. The fraction of sp³-hybridized carbons (Fsp3) is 0.391. The second-order valence-corrected chi connectivity index (χ2v) is 9.45. The van der Waals surface area contributed by atoms with Crippen LogP contribution in [0.1, 0.15) is 41.3 Å². The number of hydrogen-bond donors (Lipinski definition) is 0. The Bertz CT molecular complexity index is 1190. The molecule has 0 bridgehead atoms. The summed E-state index contributed by atoms with van der Waals surface area (Å²) in [5, 5.41) is 5.61. The zero-order chi connectivity index (χ0) is 20.1. The van der Waals surface area contributed by atoms with Crippen LogP contribution in [0.2, 0.25) is 0 Å². The molecule has 2 aliphatic rings. The summed E-state index contributed by atoms with van der Waals surface area (Å²) in [5.74, 6) is 0.870. The molecule has 4 heterocycles. The maximum atomic E-state index is 5.15. The molecule has 7 heteroatoms. The summed E-state index contributed by atoms with van der Waals surface area (Å²) in [5.41, 5.74) is 5.06. The molecule has 1 aromatic carbocycles. The summed E-state index contributed by atoms with van der Waals surface area (Å²) in [4.78, 5) is 19.3. The predicted octanol–water partition coefficient (Wildman–Crippen LogP) is 4.59. The van der Waals surface area contributed by atoms with Crippen LogP contribution in [0, 0.1) is 6.92 Å². The zero-order valence-corrected chi connectivity index (χ0v) is 17.9. The first-order chi connectivity index (χ1) is 14.8. The van der Waals surface area contributed by atoms with Gasteiger partial charge in [0.05, 0.1) is 11.7 Å². The minimum atomic E-state index is 0.412. The molecule has 1 aliphatic heterocycles. The van der Waals surface area contributed by atoms with Crippen molar-refractivity contribution in [3.63, 3.8) is 0 Å². The van der Waals surface area contributed by atoms with Crippen LogP contribution in [-0.2, 0) is 12.8 Å². The van der Waals surface area contributed by atoms with Crippen molar-refractivity contribution >= 4 is 27.5 Å². The third-order valence-electron chi connectivity index (χ3n) is 6.44. The van der Waals surface area contributed by atoms with Gasteiger partial charge in [-0.05, 0) is 44.6 Å². The number of aryl methyl sites for hydroxylation is 3. The maximum Gasteiger partial charge on any atom is 0.227 e. The van der Waals surface area contributed by atoms with E-state index in [4.69, 9.17) is 9.97 Å². The third-order valence-corrected chi connectivity index (χ3v) is 7.62. The molecule has 6 rings (SSSR count). The number of thiophene rings is 1. The smallest absolute Gasteiger partial charge is 0.227 e. The molecule has 0 saturated carbocycles. The van der Waals surface area contributed by atoms with E-state index in [-0.39, 0.29) is 0 Å². The molecular weight excluding hydrogens is 392 g/mol. The highest BCUT2D eigenvalue weighted by atomic mass is 32.1. The van der Waals surface area contributed by atoms with Crippen LogP contribution >= 0.6 is 11.3 Å². The Hall–Kier alpha value is -2.80. The molecule has 0 unspecified atom stereocenters. The van der Waals surface area contributed by atoms with Gasteiger partial charge >= 0.3 is 0 Å². The molecule has 1 fully saturated rings. The van der Waals surface area contributed by atoms with E-state index in [0.717, 1.165) is 48.8 Å². The summed E-state index contributed by atoms with van der Waals surface area (Å²) in [6, 6.07) is 9.18. The molecule has 1 saturated heterocycles. The van der Waals surface area contributed by atoms with Crippen molar-refractivity contribution in [2.24, 2.45) is 0 Å². The molecule has 0 N–H and O–H groups in total. The Balaban J connectivity index is 1.39. The lowest BCUT2D eigenvalue weighted by Gasteiger charge is -2.32. The molecular formula is C23H24N6S. The number of piperidine rings is 1. The van der Waals surface area contributed by atoms with Crippen LogP contribution in [0.3, 0.4) is 0 Å². The molecule has 0 atom stereocenters. The van der Waals surface area contributed by atoms with Gasteiger partial charge in [0.15, 0.2) is 0 Å². The summed E-state index contributed by atoms with van der Waals surface area (Å²) >= 11 is 1.87. The average Bonchev–Trinajstić information content (AvgIpc) is 3.51. The third kappa shape index (κ3) is 2.99. The van der Waals surface area contributed by atoms with Crippen LogP contribution in [0.25, 0.3) is 21.5 Å². The van der Waals surface area contributed by atoms with Gasteiger partial charge in [0.1, 0.15) is 17.5 Å². The van der Waals surface area contributed by atoms with Gasteiger partial charge < -0.3 is 4.90 Å². The van der Waals surface area contributed by atoms with Crippen molar-refractivity contribution in [3.05, 3.63) is 52.9 Å². The molecule has 30 heavy (non-hydrogen) atoms. The highest BCUT2D eigenvalue weighted by Gasteiger charge is 2.27. The Morgan fingerprint density at radius 3 is 2.63 bits per heavy atom. The first-order valence-corrected chi connectivity index (χ1v) is 11.6. The lowest BCUT2D eigenvalue weighted by Crippen LogP contribution is -2.36. The van der Waals surface area contributed by atoms with Crippen molar-refractivity contribution in [1.29, 1.82) is 0 Å². The summed E-state index contributed by atoms with van der Waals surface area (Å²) in [6.07, 6.45) is 9.10. The first kappa shape index (κ1) is 18.0. The lowest BCUT2D eigenvalue weighted by molar-refractivity contribution is 0.364. The largest absolute Gasteiger partial charge is 0.341 e. The van der Waals surface area contributed by atoms with Crippen molar-refractivity contribution in [2.45, 2.75) is 45.1 Å². The Morgan fingerprint density at radius 2 is 1.87 bits per heavy atom. The minimum absolute atomic E-state index is 0.412. The van der Waals surface area contributed by atoms with E-state index in [1.54, 1.807) is 6.33 Å². The van der Waals surface area contributed by atoms with Gasteiger partial charge in [0.2, 0.25) is 5.95 Å². The van der Waals surface area contributed by atoms with Gasteiger partial charge in [0.25, 0.3) is 0 Å². The Morgan fingerprint density at radius 1 is 1.03 bits per heavy atom. The number of aromatic nitrogens is 5. The molecule has 0 amide bonds. The second-order valence-electron chi connectivity index (χ2n) is 8.37. The van der Waals surface area contributed by atoms with Gasteiger partial charge in [-0.3, -0.25) is 0 Å². The fourth-order valence-corrected chi connectivity index (χ4v) is 6.04. The highest BCUT2D eigenvalue weighted by molar-refractivity contribution is 7.19. The number of fused-ring (bicyclic) bond motifs is 3. The van der Waals surface area contributed by atoms with Crippen LogP contribution < -0.4 is 4.90 Å². The summed E-state index contributed by atoms with van der Waals surface area (Å²) in [6.45, 7) is 4.01. The van der Waals surface area contributed by atoms with E-state index < -0.39 is 0 Å². The van der Waals surface area contributed by atoms with E-state index in [9.17, 15) is 0 Å². The second kappa shape index (κ2) is 7.16. The van der Waals surface area contributed by atoms with Crippen LogP contribution in [0.4, 0.5) is 5.95 Å². The molecule has 152 valence electrons. The number of anilines is 1. The standard InChI is InChI=1S/C23H24N6S/c1-15-5-7-16(8-6-15)21-20-18-3-2-4-19(18)30-22(20)27-23(26-21)28-11-9-17(10-12-28)29-14-24-13-25-29/h5-8,13-14,17H,2-4,9-12H2,1H3. The molecule has 3 aromatic heterocycles. The molecule has 4 aromatic rings. The fourth-order valence-electron chi connectivity index (χ4n) is 4.78. The van der Waals surface area contributed by atoms with Crippen LogP contribution in [0.5, 0.6) is 0 Å². The van der Waals surface area contributed by atoms with Gasteiger partial charge in [0, 0.05) is 28.9 Å². The Labute approximate surface area is 179 Å². The molecule has 1 aliphatic carbocycles. The van der Waals surface area contributed by atoms with Crippen LogP contribution in [-0.4, -0.2) is 37.8 Å². The first-order valence-electron chi connectivity index (χ1n) is 10.7. The van der Waals surface area contributed by atoms with Crippen molar-refractivity contribution in [3.8, 4) is 11.3 Å². The van der Waals surface area contributed by atoms with Gasteiger partial charge in [-0.25, -0.2) is 19.6 Å². The maximum absolute atomic E-state index is 5.15. The molecule has 0 radical (unpaired) electrons. The SMILES string of the molecule is Cc1ccc(-c2nc(N3CCC(n4cncn4)CC3)nc3sc4c(c23)CCC4)cc1. The summed E-state index contributed by atoms with van der Waals surface area (Å²) < 4.78 is 1.99. The average molecular weight is 417 g/mol. The summed E-state index contributed by atoms with van der Waals surface area (Å²) in [7, 11) is 0. The molecule has 0 spiro atoms.